The minimum absolute atomic E-state index is 0.0639. The van der Waals surface area contributed by atoms with Gasteiger partial charge in [-0.25, -0.2) is 9.29 Å². The lowest BCUT2D eigenvalue weighted by Gasteiger charge is -2.27. The van der Waals surface area contributed by atoms with Crippen molar-refractivity contribution in [3.63, 3.8) is 0 Å². The highest BCUT2D eigenvalue weighted by atomic mass is 35.5. The van der Waals surface area contributed by atoms with Gasteiger partial charge in [0.1, 0.15) is 5.82 Å². The molecule has 0 radical (unpaired) electrons. The standard InChI is InChI=1S/C27H17ClFNO5/c1-13-6-8-14(9-7-13)22-20-21(26(34)30(25(20)33)15-10-11-19(29)18(28)12-15)27(35-22)23(31)16-4-2-3-5-17(16)24(27)32/h2-12,20-22H,1H3/t20-,21+,22-/m1/s1. The van der Waals surface area contributed by atoms with Crippen LogP contribution >= 0.6 is 11.6 Å². The molecule has 3 aromatic rings. The molecule has 3 atom stereocenters. The quantitative estimate of drug-likeness (QED) is 0.391. The number of aryl methyl sites for hydroxylation is 1. The van der Waals surface area contributed by atoms with Crippen LogP contribution < -0.4 is 4.90 Å². The zero-order chi connectivity index (χ0) is 24.6. The van der Waals surface area contributed by atoms with Gasteiger partial charge in [0.2, 0.25) is 29.0 Å². The van der Waals surface area contributed by atoms with E-state index in [1.165, 1.54) is 24.3 Å². The number of anilines is 1. The molecule has 2 amide bonds. The SMILES string of the molecule is Cc1ccc([C@H]2OC3(C(=O)c4ccccc4C3=O)[C@@H]3C(=O)N(c4ccc(F)c(Cl)c4)C(=O)[C@@H]23)cc1. The average molecular weight is 490 g/mol. The summed E-state index contributed by atoms with van der Waals surface area (Å²) in [6, 6.07) is 16.9. The van der Waals surface area contributed by atoms with Gasteiger partial charge in [0.15, 0.2) is 0 Å². The molecule has 0 N–H and O–H groups in total. The third-order valence-electron chi connectivity index (χ3n) is 7.09. The number of ether oxygens (including phenoxy) is 1. The second kappa shape index (κ2) is 7.41. The molecular formula is C27H17ClFNO5. The molecule has 0 saturated carbocycles. The van der Waals surface area contributed by atoms with Crippen LogP contribution in [-0.2, 0) is 14.3 Å². The number of imide groups is 1. The van der Waals surface area contributed by atoms with E-state index in [1.54, 1.807) is 24.3 Å². The second-order valence-corrected chi connectivity index (χ2v) is 9.41. The molecule has 0 unspecified atom stereocenters. The van der Waals surface area contributed by atoms with Gasteiger partial charge >= 0.3 is 0 Å². The number of fused-ring (bicyclic) bond motifs is 3. The van der Waals surface area contributed by atoms with E-state index in [2.05, 4.69) is 0 Å². The number of Topliss-reactive ketones (excluding diaryl/α,β-unsaturated/α-hetero) is 2. The Morgan fingerprint density at radius 3 is 2.11 bits per heavy atom. The number of halogens is 2. The van der Waals surface area contributed by atoms with Gasteiger partial charge in [-0.2, -0.15) is 0 Å². The Balaban J connectivity index is 1.54. The summed E-state index contributed by atoms with van der Waals surface area (Å²) in [7, 11) is 0. The van der Waals surface area contributed by atoms with Crippen molar-refractivity contribution in [1.29, 1.82) is 0 Å². The highest BCUT2D eigenvalue weighted by molar-refractivity contribution is 6.37. The number of carbonyl (C=O) groups excluding carboxylic acids is 4. The first-order valence-corrected chi connectivity index (χ1v) is 11.4. The van der Waals surface area contributed by atoms with E-state index in [0.29, 0.717) is 5.56 Å². The summed E-state index contributed by atoms with van der Waals surface area (Å²) in [6.45, 7) is 1.90. The summed E-state index contributed by atoms with van der Waals surface area (Å²) < 4.78 is 20.0. The number of rotatable bonds is 2. The van der Waals surface area contributed by atoms with Gasteiger partial charge in [0.05, 0.1) is 28.6 Å². The molecule has 1 aliphatic carbocycles. The second-order valence-electron chi connectivity index (χ2n) is 9.00. The van der Waals surface area contributed by atoms with Gasteiger partial charge in [-0.1, -0.05) is 65.7 Å². The van der Waals surface area contributed by atoms with Crippen molar-refractivity contribution in [3.8, 4) is 0 Å². The minimum Gasteiger partial charge on any atom is -0.349 e. The van der Waals surface area contributed by atoms with Crippen molar-refractivity contribution in [2.45, 2.75) is 18.6 Å². The lowest BCUT2D eigenvalue weighted by molar-refractivity contribution is -0.127. The molecule has 2 heterocycles. The average Bonchev–Trinajstić information content (AvgIpc) is 3.41. The summed E-state index contributed by atoms with van der Waals surface area (Å²) in [5, 5.41) is -0.262. The number of hydrogen-bond acceptors (Lipinski definition) is 5. The molecule has 0 bridgehead atoms. The number of ketones is 2. The van der Waals surface area contributed by atoms with Gasteiger partial charge < -0.3 is 4.74 Å². The summed E-state index contributed by atoms with van der Waals surface area (Å²) in [5.41, 5.74) is -0.244. The first-order valence-electron chi connectivity index (χ1n) is 11.0. The summed E-state index contributed by atoms with van der Waals surface area (Å²) in [5.74, 6) is -5.88. The van der Waals surface area contributed by atoms with Crippen molar-refractivity contribution in [2.75, 3.05) is 4.90 Å². The van der Waals surface area contributed by atoms with E-state index in [1.807, 2.05) is 19.1 Å². The zero-order valence-corrected chi connectivity index (χ0v) is 19.1. The van der Waals surface area contributed by atoms with E-state index in [-0.39, 0.29) is 21.8 Å². The number of hydrogen-bond donors (Lipinski definition) is 0. The van der Waals surface area contributed by atoms with E-state index in [4.69, 9.17) is 16.3 Å². The Bertz CT molecular complexity index is 1430. The lowest BCUT2D eigenvalue weighted by atomic mass is 9.77. The Morgan fingerprint density at radius 2 is 1.51 bits per heavy atom. The first kappa shape index (κ1) is 21.8. The van der Waals surface area contributed by atoms with Crippen LogP contribution in [0.4, 0.5) is 10.1 Å². The van der Waals surface area contributed by atoms with Crippen molar-refractivity contribution >= 4 is 40.7 Å². The van der Waals surface area contributed by atoms with Crippen molar-refractivity contribution < 1.29 is 28.3 Å². The maximum Gasteiger partial charge on any atom is 0.241 e. The third kappa shape index (κ3) is 2.79. The van der Waals surface area contributed by atoms with Gasteiger partial charge in [-0.05, 0) is 30.7 Å². The van der Waals surface area contributed by atoms with Gasteiger partial charge in [-0.3, -0.25) is 19.2 Å². The van der Waals surface area contributed by atoms with Crippen LogP contribution in [0.5, 0.6) is 0 Å². The Kier molecular flexibility index (Phi) is 4.62. The van der Waals surface area contributed by atoms with Gasteiger partial charge in [0.25, 0.3) is 0 Å². The topological polar surface area (TPSA) is 80.8 Å². The predicted octanol–water partition coefficient (Wildman–Crippen LogP) is 4.48. The van der Waals surface area contributed by atoms with Crippen LogP contribution in [0.25, 0.3) is 0 Å². The lowest BCUT2D eigenvalue weighted by Crippen LogP contribution is -2.51. The molecule has 0 aromatic heterocycles. The molecule has 3 aromatic carbocycles. The molecule has 2 fully saturated rings. The van der Waals surface area contributed by atoms with E-state index < -0.39 is 52.7 Å². The van der Waals surface area contributed by atoms with Crippen molar-refractivity contribution in [3.05, 3.63) is 99.8 Å². The Morgan fingerprint density at radius 1 is 0.886 bits per heavy atom. The van der Waals surface area contributed by atoms with Crippen molar-refractivity contribution in [2.24, 2.45) is 11.8 Å². The summed E-state index contributed by atoms with van der Waals surface area (Å²) in [4.78, 5) is 55.8. The predicted molar refractivity (Wildman–Crippen MR) is 124 cm³/mol. The molecule has 6 nitrogen and oxygen atoms in total. The van der Waals surface area contributed by atoms with Crippen LogP contribution in [0.3, 0.4) is 0 Å². The molecule has 6 rings (SSSR count). The van der Waals surface area contributed by atoms with Crippen LogP contribution in [-0.4, -0.2) is 29.0 Å². The third-order valence-corrected chi connectivity index (χ3v) is 7.38. The number of nitrogens with zero attached hydrogens (tertiary/aromatic N) is 1. The van der Waals surface area contributed by atoms with Crippen LogP contribution in [0, 0.1) is 24.6 Å². The van der Waals surface area contributed by atoms with E-state index in [9.17, 15) is 23.6 Å². The van der Waals surface area contributed by atoms with Crippen LogP contribution in [0.1, 0.15) is 37.9 Å². The number of amides is 2. The summed E-state index contributed by atoms with van der Waals surface area (Å²) in [6.07, 6.45) is -1.01. The monoisotopic (exact) mass is 489 g/mol. The highest BCUT2D eigenvalue weighted by Crippen LogP contribution is 2.57. The molecule has 8 heteroatoms. The normalized spacial score (nSPS) is 24.4. The van der Waals surface area contributed by atoms with E-state index in [0.717, 1.165) is 16.5 Å². The maximum atomic E-state index is 13.8. The fraction of sp³-hybridized carbons (Fsp3) is 0.185. The molecule has 3 aliphatic rings. The minimum atomic E-state index is -2.16. The van der Waals surface area contributed by atoms with Gasteiger partial charge in [-0.15, -0.1) is 0 Å². The van der Waals surface area contributed by atoms with E-state index >= 15 is 0 Å². The molecular weight excluding hydrogens is 473 g/mol. The molecule has 1 spiro atoms. The Hall–Kier alpha value is -3.68. The number of benzene rings is 3. The Labute approximate surface area is 204 Å². The largest absolute Gasteiger partial charge is 0.349 e. The molecule has 2 aliphatic heterocycles. The molecule has 35 heavy (non-hydrogen) atoms. The zero-order valence-electron chi connectivity index (χ0n) is 18.3. The first-order chi connectivity index (χ1) is 16.8. The van der Waals surface area contributed by atoms with Crippen LogP contribution in [0.2, 0.25) is 5.02 Å². The summed E-state index contributed by atoms with van der Waals surface area (Å²) >= 11 is 5.92. The van der Waals surface area contributed by atoms with Gasteiger partial charge in [0, 0.05) is 11.1 Å². The maximum absolute atomic E-state index is 13.8. The molecule has 174 valence electrons. The smallest absolute Gasteiger partial charge is 0.241 e. The van der Waals surface area contributed by atoms with Crippen molar-refractivity contribution in [1.82, 2.24) is 0 Å². The molecule has 2 saturated heterocycles. The highest BCUT2D eigenvalue weighted by Gasteiger charge is 2.74. The number of carbonyl (C=O) groups is 4. The fourth-order valence-electron chi connectivity index (χ4n) is 5.45. The fourth-order valence-corrected chi connectivity index (χ4v) is 5.63. The van der Waals surface area contributed by atoms with Crippen LogP contribution in [0.15, 0.2) is 66.7 Å².